The van der Waals surface area contributed by atoms with E-state index < -0.39 is 0 Å². The van der Waals surface area contributed by atoms with Gasteiger partial charge in [0.1, 0.15) is 0 Å². The van der Waals surface area contributed by atoms with Crippen molar-refractivity contribution in [1.29, 1.82) is 0 Å². The number of hydrogen-bond donors (Lipinski definition) is 0. The average Bonchev–Trinajstić information content (AvgIpc) is 2.52. The van der Waals surface area contributed by atoms with Crippen LogP contribution in [-0.2, 0) is 0 Å². The predicted octanol–water partition coefficient (Wildman–Crippen LogP) is 4.12. The Hall–Kier alpha value is -1.93. The van der Waals surface area contributed by atoms with E-state index in [0.29, 0.717) is 35.4 Å². The first kappa shape index (κ1) is 14.5. The normalized spacial score (nSPS) is 10.2. The summed E-state index contributed by atoms with van der Waals surface area (Å²) in [6.07, 6.45) is 0.983. The Labute approximate surface area is 123 Å². The fraction of sp³-hybridized carbons (Fsp3) is 0.176. The number of halogens is 1. The van der Waals surface area contributed by atoms with Gasteiger partial charge >= 0.3 is 0 Å². The molecule has 0 spiro atoms. The maximum atomic E-state index is 12.5. The summed E-state index contributed by atoms with van der Waals surface area (Å²) >= 11 is 5.61. The van der Waals surface area contributed by atoms with Gasteiger partial charge in [-0.2, -0.15) is 0 Å². The Morgan fingerprint density at radius 1 is 0.850 bits per heavy atom. The van der Waals surface area contributed by atoms with Crippen LogP contribution in [0.4, 0.5) is 0 Å². The molecule has 0 radical (unpaired) electrons. The van der Waals surface area contributed by atoms with Gasteiger partial charge in [0, 0.05) is 29.0 Å². The summed E-state index contributed by atoms with van der Waals surface area (Å²) in [4.78, 5) is 24.6. The summed E-state index contributed by atoms with van der Waals surface area (Å²) in [6, 6.07) is 15.9. The first-order valence-electron chi connectivity index (χ1n) is 6.52. The van der Waals surface area contributed by atoms with Gasteiger partial charge in [0.25, 0.3) is 0 Å². The Bertz CT molecular complexity index is 605. The monoisotopic (exact) mass is 286 g/mol. The van der Waals surface area contributed by atoms with E-state index in [9.17, 15) is 9.59 Å². The van der Waals surface area contributed by atoms with E-state index in [1.165, 1.54) is 0 Å². The van der Waals surface area contributed by atoms with Crippen molar-refractivity contribution in [1.82, 2.24) is 0 Å². The van der Waals surface area contributed by atoms with Crippen molar-refractivity contribution in [2.75, 3.05) is 5.88 Å². The minimum Gasteiger partial charge on any atom is -0.294 e. The lowest BCUT2D eigenvalue weighted by Gasteiger charge is -2.07. The van der Waals surface area contributed by atoms with E-state index in [0.717, 1.165) is 0 Å². The highest BCUT2D eigenvalue weighted by Gasteiger charge is 2.17. The second-order valence-corrected chi connectivity index (χ2v) is 4.83. The van der Waals surface area contributed by atoms with E-state index in [1.54, 1.807) is 36.4 Å². The van der Waals surface area contributed by atoms with Gasteiger partial charge in [-0.3, -0.25) is 9.59 Å². The summed E-state index contributed by atoms with van der Waals surface area (Å²) in [5.74, 6) is 0.284. The van der Waals surface area contributed by atoms with Gasteiger partial charge in [-0.15, -0.1) is 11.6 Å². The molecule has 102 valence electrons. The lowest BCUT2D eigenvalue weighted by Crippen LogP contribution is -2.10. The van der Waals surface area contributed by atoms with E-state index >= 15 is 0 Å². The fourth-order valence-electron chi connectivity index (χ4n) is 2.03. The SMILES string of the molecule is O=C(CCCCl)c1ccccc1C(=O)c1ccccc1. The maximum Gasteiger partial charge on any atom is 0.193 e. The molecule has 0 atom stereocenters. The highest BCUT2D eigenvalue weighted by atomic mass is 35.5. The Morgan fingerprint density at radius 2 is 1.45 bits per heavy atom. The van der Waals surface area contributed by atoms with Crippen molar-refractivity contribution >= 4 is 23.2 Å². The van der Waals surface area contributed by atoms with Crippen LogP contribution in [-0.4, -0.2) is 17.4 Å². The number of hydrogen-bond acceptors (Lipinski definition) is 2. The molecule has 0 unspecified atom stereocenters. The van der Waals surface area contributed by atoms with Crippen LogP contribution in [0.3, 0.4) is 0 Å². The van der Waals surface area contributed by atoms with Crippen LogP contribution < -0.4 is 0 Å². The number of ketones is 2. The Morgan fingerprint density at radius 3 is 2.10 bits per heavy atom. The topological polar surface area (TPSA) is 34.1 Å². The summed E-state index contributed by atoms with van der Waals surface area (Å²) in [7, 11) is 0. The number of carbonyl (C=O) groups is 2. The molecule has 0 aromatic heterocycles. The van der Waals surface area contributed by atoms with E-state index in [-0.39, 0.29) is 11.6 Å². The van der Waals surface area contributed by atoms with Gasteiger partial charge in [-0.05, 0) is 6.42 Å². The van der Waals surface area contributed by atoms with Crippen LogP contribution in [0.1, 0.15) is 39.1 Å². The van der Waals surface area contributed by atoms with Gasteiger partial charge < -0.3 is 0 Å². The van der Waals surface area contributed by atoms with Crippen LogP contribution in [0.25, 0.3) is 0 Å². The molecule has 0 aliphatic carbocycles. The average molecular weight is 287 g/mol. The van der Waals surface area contributed by atoms with Gasteiger partial charge in [0.05, 0.1) is 0 Å². The van der Waals surface area contributed by atoms with Crippen LogP contribution in [0, 0.1) is 0 Å². The van der Waals surface area contributed by atoms with Crippen molar-refractivity contribution in [3.05, 3.63) is 71.3 Å². The first-order chi connectivity index (χ1) is 9.74. The molecule has 0 heterocycles. The van der Waals surface area contributed by atoms with E-state index in [1.807, 2.05) is 18.2 Å². The molecule has 0 saturated heterocycles. The molecular formula is C17H15ClO2. The number of rotatable bonds is 6. The Kier molecular flexibility index (Phi) is 5.08. The molecule has 2 nitrogen and oxygen atoms in total. The van der Waals surface area contributed by atoms with Crippen molar-refractivity contribution in [3.8, 4) is 0 Å². The molecule has 2 aromatic carbocycles. The molecule has 2 rings (SSSR count). The largest absolute Gasteiger partial charge is 0.294 e. The molecule has 0 N–H and O–H groups in total. The molecule has 20 heavy (non-hydrogen) atoms. The second-order valence-electron chi connectivity index (χ2n) is 4.46. The van der Waals surface area contributed by atoms with Crippen molar-refractivity contribution in [3.63, 3.8) is 0 Å². The molecule has 0 saturated carbocycles. The molecular weight excluding hydrogens is 272 g/mol. The third kappa shape index (κ3) is 3.34. The summed E-state index contributed by atoms with van der Waals surface area (Å²) in [5.41, 5.74) is 1.52. The minimum absolute atomic E-state index is 0.0365. The molecule has 0 fully saturated rings. The third-order valence-corrected chi connectivity index (χ3v) is 3.31. The van der Waals surface area contributed by atoms with E-state index in [2.05, 4.69) is 0 Å². The van der Waals surface area contributed by atoms with Crippen molar-refractivity contribution < 1.29 is 9.59 Å². The highest BCUT2D eigenvalue weighted by Crippen LogP contribution is 2.17. The smallest absolute Gasteiger partial charge is 0.193 e. The zero-order valence-electron chi connectivity index (χ0n) is 11.0. The van der Waals surface area contributed by atoms with Crippen LogP contribution >= 0.6 is 11.6 Å². The van der Waals surface area contributed by atoms with E-state index in [4.69, 9.17) is 11.6 Å². The Balaban J connectivity index is 2.33. The van der Waals surface area contributed by atoms with Crippen LogP contribution in [0.2, 0.25) is 0 Å². The minimum atomic E-state index is -0.125. The molecule has 3 heteroatoms. The van der Waals surface area contributed by atoms with Gasteiger partial charge in [-0.1, -0.05) is 54.6 Å². The standard InChI is InChI=1S/C17H15ClO2/c18-12-6-11-16(19)14-9-4-5-10-15(14)17(20)13-7-2-1-3-8-13/h1-5,7-10H,6,11-12H2. The van der Waals surface area contributed by atoms with Crippen molar-refractivity contribution in [2.24, 2.45) is 0 Å². The number of carbonyl (C=O) groups excluding carboxylic acids is 2. The summed E-state index contributed by atoms with van der Waals surface area (Å²) in [6.45, 7) is 0. The number of benzene rings is 2. The summed E-state index contributed by atoms with van der Waals surface area (Å²) < 4.78 is 0. The lowest BCUT2D eigenvalue weighted by molar-refractivity contribution is 0.0966. The summed E-state index contributed by atoms with van der Waals surface area (Å²) in [5, 5.41) is 0. The van der Waals surface area contributed by atoms with Crippen LogP contribution in [0.5, 0.6) is 0 Å². The van der Waals surface area contributed by atoms with Gasteiger partial charge in [0.2, 0.25) is 0 Å². The fourth-order valence-corrected chi connectivity index (χ4v) is 2.16. The zero-order chi connectivity index (χ0) is 14.4. The quantitative estimate of drug-likeness (QED) is 0.591. The molecule has 0 amide bonds. The molecule has 0 aliphatic rings. The maximum absolute atomic E-state index is 12.5. The molecule has 0 aliphatic heterocycles. The molecule has 2 aromatic rings. The third-order valence-electron chi connectivity index (χ3n) is 3.05. The second kappa shape index (κ2) is 7.01. The van der Waals surface area contributed by atoms with Gasteiger partial charge in [0.15, 0.2) is 11.6 Å². The molecule has 0 bridgehead atoms. The highest BCUT2D eigenvalue weighted by molar-refractivity contribution is 6.18. The zero-order valence-corrected chi connectivity index (χ0v) is 11.8. The number of alkyl halides is 1. The lowest BCUT2D eigenvalue weighted by atomic mass is 9.95. The van der Waals surface area contributed by atoms with Crippen LogP contribution in [0.15, 0.2) is 54.6 Å². The first-order valence-corrected chi connectivity index (χ1v) is 7.05. The number of Topliss-reactive ketones (excluding diaryl/α,β-unsaturated/α-hetero) is 1. The van der Waals surface area contributed by atoms with Gasteiger partial charge in [-0.25, -0.2) is 0 Å². The van der Waals surface area contributed by atoms with Crippen molar-refractivity contribution in [2.45, 2.75) is 12.8 Å². The predicted molar refractivity (Wildman–Crippen MR) is 80.6 cm³/mol.